The minimum absolute atomic E-state index is 0.0923. The first-order valence-corrected chi connectivity index (χ1v) is 13.0. The molecule has 3 amide bonds. The summed E-state index contributed by atoms with van der Waals surface area (Å²) in [4.78, 5) is 39.7. The molecule has 0 aliphatic heterocycles. The number of nitrogens with one attached hydrogen (secondary N) is 3. The molecule has 0 aliphatic carbocycles. The molecule has 0 radical (unpaired) electrons. The fraction of sp³-hybridized carbons (Fsp3) is 0.156. The van der Waals surface area contributed by atoms with Gasteiger partial charge in [-0.2, -0.15) is 0 Å². The third-order valence-electron chi connectivity index (χ3n) is 6.20. The maximum Gasteiger partial charge on any atom is 0.255 e. The van der Waals surface area contributed by atoms with Crippen LogP contribution in [-0.4, -0.2) is 42.6 Å². The van der Waals surface area contributed by atoms with Crippen molar-refractivity contribution in [3.8, 4) is 17.2 Å². The van der Waals surface area contributed by atoms with Gasteiger partial charge in [0.25, 0.3) is 11.8 Å². The van der Waals surface area contributed by atoms with E-state index in [4.69, 9.17) is 9.47 Å². The van der Waals surface area contributed by atoms with Crippen LogP contribution in [0.5, 0.6) is 17.2 Å². The Kier molecular flexibility index (Phi) is 9.56. The molecule has 9 nitrogen and oxygen atoms in total. The fourth-order valence-corrected chi connectivity index (χ4v) is 4.07. The second-order valence-corrected chi connectivity index (χ2v) is 9.07. The third-order valence-corrected chi connectivity index (χ3v) is 6.20. The van der Waals surface area contributed by atoms with E-state index in [1.54, 1.807) is 84.9 Å². The number of para-hydroxylation sites is 1. The van der Waals surface area contributed by atoms with Crippen molar-refractivity contribution in [3.05, 3.63) is 114 Å². The third kappa shape index (κ3) is 7.86. The van der Waals surface area contributed by atoms with E-state index in [1.165, 1.54) is 19.2 Å². The summed E-state index contributed by atoms with van der Waals surface area (Å²) in [6.45, 7) is 2.41. The van der Waals surface area contributed by atoms with Crippen LogP contribution in [-0.2, 0) is 11.2 Å². The van der Waals surface area contributed by atoms with Crippen molar-refractivity contribution in [2.75, 3.05) is 24.4 Å². The monoisotopic (exact) mass is 553 g/mol. The van der Waals surface area contributed by atoms with Gasteiger partial charge < -0.3 is 30.5 Å². The SMILES string of the molecule is CCOc1ccc(NC(=O)C(Cc2ccc(O)cc2)NC(=O)c2ccccc2NC(=O)c2ccc(OC)cc2)cc1. The quantitative estimate of drug-likeness (QED) is 0.206. The first-order chi connectivity index (χ1) is 19.9. The molecule has 0 saturated heterocycles. The molecule has 41 heavy (non-hydrogen) atoms. The number of anilines is 2. The van der Waals surface area contributed by atoms with Crippen LogP contribution >= 0.6 is 0 Å². The molecule has 9 heteroatoms. The van der Waals surface area contributed by atoms with E-state index in [0.717, 1.165) is 5.56 Å². The zero-order valence-electron chi connectivity index (χ0n) is 22.7. The lowest BCUT2D eigenvalue weighted by Gasteiger charge is -2.20. The van der Waals surface area contributed by atoms with E-state index in [9.17, 15) is 19.5 Å². The van der Waals surface area contributed by atoms with Gasteiger partial charge in [-0.3, -0.25) is 14.4 Å². The Labute approximate surface area is 238 Å². The molecular weight excluding hydrogens is 522 g/mol. The van der Waals surface area contributed by atoms with Crippen molar-refractivity contribution in [1.29, 1.82) is 0 Å². The fourth-order valence-electron chi connectivity index (χ4n) is 4.07. The smallest absolute Gasteiger partial charge is 0.255 e. The van der Waals surface area contributed by atoms with Crippen molar-refractivity contribution in [1.82, 2.24) is 5.32 Å². The van der Waals surface area contributed by atoms with Crippen LogP contribution in [0.4, 0.5) is 11.4 Å². The average molecular weight is 554 g/mol. The highest BCUT2D eigenvalue weighted by Crippen LogP contribution is 2.20. The largest absolute Gasteiger partial charge is 0.508 e. The second-order valence-electron chi connectivity index (χ2n) is 9.07. The maximum absolute atomic E-state index is 13.5. The molecule has 210 valence electrons. The zero-order valence-corrected chi connectivity index (χ0v) is 22.7. The Morgan fingerprint density at radius 3 is 2.10 bits per heavy atom. The minimum Gasteiger partial charge on any atom is -0.508 e. The number of carbonyl (C=O) groups excluding carboxylic acids is 3. The Morgan fingerprint density at radius 1 is 0.780 bits per heavy atom. The number of rotatable bonds is 11. The van der Waals surface area contributed by atoms with Gasteiger partial charge in [-0.1, -0.05) is 24.3 Å². The van der Waals surface area contributed by atoms with Gasteiger partial charge in [-0.15, -0.1) is 0 Å². The maximum atomic E-state index is 13.5. The molecule has 0 bridgehead atoms. The molecule has 0 aliphatic rings. The lowest BCUT2D eigenvalue weighted by molar-refractivity contribution is -0.118. The molecule has 1 unspecified atom stereocenters. The van der Waals surface area contributed by atoms with Gasteiger partial charge in [0.05, 0.1) is 25.0 Å². The minimum atomic E-state index is -0.969. The summed E-state index contributed by atoms with van der Waals surface area (Å²) >= 11 is 0. The van der Waals surface area contributed by atoms with Crippen LogP contribution in [0.15, 0.2) is 97.1 Å². The molecule has 0 spiro atoms. The van der Waals surface area contributed by atoms with Crippen LogP contribution in [0, 0.1) is 0 Å². The normalized spacial score (nSPS) is 11.2. The number of aromatic hydroxyl groups is 1. The lowest BCUT2D eigenvalue weighted by atomic mass is 10.0. The van der Waals surface area contributed by atoms with Gasteiger partial charge in [0, 0.05) is 17.7 Å². The summed E-state index contributed by atoms with van der Waals surface area (Å²) in [6.07, 6.45) is 0.162. The molecule has 0 fully saturated rings. The number of carbonyl (C=O) groups is 3. The predicted molar refractivity (Wildman–Crippen MR) is 157 cm³/mol. The molecule has 4 rings (SSSR count). The van der Waals surface area contributed by atoms with Crippen LogP contribution in [0.1, 0.15) is 33.2 Å². The highest BCUT2D eigenvalue weighted by molar-refractivity contribution is 6.10. The van der Waals surface area contributed by atoms with E-state index < -0.39 is 23.8 Å². The molecule has 4 aromatic rings. The number of methoxy groups -OCH3 is 1. The number of ether oxygens (including phenoxy) is 2. The van der Waals surface area contributed by atoms with Crippen LogP contribution in [0.2, 0.25) is 0 Å². The number of benzene rings is 4. The zero-order chi connectivity index (χ0) is 29.2. The average Bonchev–Trinajstić information content (AvgIpc) is 2.99. The number of hydrogen-bond acceptors (Lipinski definition) is 6. The summed E-state index contributed by atoms with van der Waals surface area (Å²) in [5.74, 6) is 0.00494. The number of phenolic OH excluding ortho intramolecular Hbond substituents is 1. The summed E-state index contributed by atoms with van der Waals surface area (Å²) in [6, 6.07) is 25.5. The van der Waals surface area contributed by atoms with Crippen molar-refractivity contribution in [2.24, 2.45) is 0 Å². The highest BCUT2D eigenvalue weighted by Gasteiger charge is 2.24. The van der Waals surface area contributed by atoms with E-state index in [0.29, 0.717) is 35.0 Å². The van der Waals surface area contributed by atoms with E-state index in [2.05, 4.69) is 16.0 Å². The van der Waals surface area contributed by atoms with Gasteiger partial charge in [-0.05, 0) is 85.3 Å². The van der Waals surface area contributed by atoms with Crippen molar-refractivity contribution >= 4 is 29.1 Å². The topological polar surface area (TPSA) is 126 Å². The molecule has 1 atom stereocenters. The van der Waals surface area contributed by atoms with Gasteiger partial charge in [0.2, 0.25) is 5.91 Å². The summed E-state index contributed by atoms with van der Waals surface area (Å²) < 4.78 is 10.6. The van der Waals surface area contributed by atoms with Gasteiger partial charge in [0.15, 0.2) is 0 Å². The Bertz CT molecular complexity index is 1490. The van der Waals surface area contributed by atoms with E-state index >= 15 is 0 Å². The van der Waals surface area contributed by atoms with Crippen LogP contribution in [0.25, 0.3) is 0 Å². The number of phenols is 1. The number of amides is 3. The Hall–Kier alpha value is -5.31. The predicted octanol–water partition coefficient (Wildman–Crippen LogP) is 5.03. The summed E-state index contributed by atoms with van der Waals surface area (Å²) in [5.41, 5.74) is 2.15. The second kappa shape index (κ2) is 13.7. The summed E-state index contributed by atoms with van der Waals surface area (Å²) in [7, 11) is 1.54. The van der Waals surface area contributed by atoms with Crippen LogP contribution < -0.4 is 25.4 Å². The van der Waals surface area contributed by atoms with Gasteiger partial charge >= 0.3 is 0 Å². The molecule has 0 aromatic heterocycles. The standard InChI is InChI=1S/C32H31N3O6/c1-3-41-26-18-12-23(13-19-26)33-32(39)29(20-21-8-14-24(36)15-9-21)35-31(38)27-6-4-5-7-28(27)34-30(37)22-10-16-25(40-2)17-11-22/h4-19,29,36H,3,20H2,1-2H3,(H,33,39)(H,34,37)(H,35,38). The Balaban J connectivity index is 1.53. The Morgan fingerprint density at radius 2 is 1.44 bits per heavy atom. The molecule has 4 N–H and O–H groups in total. The molecule has 4 aromatic carbocycles. The number of hydrogen-bond donors (Lipinski definition) is 4. The molecular formula is C32H31N3O6. The van der Waals surface area contributed by atoms with E-state index in [1.807, 2.05) is 6.92 Å². The first kappa shape index (κ1) is 28.7. The van der Waals surface area contributed by atoms with Gasteiger partial charge in [0.1, 0.15) is 23.3 Å². The van der Waals surface area contributed by atoms with Crippen molar-refractivity contribution < 1.29 is 29.0 Å². The van der Waals surface area contributed by atoms with Gasteiger partial charge in [-0.25, -0.2) is 0 Å². The molecule has 0 saturated carbocycles. The van der Waals surface area contributed by atoms with Crippen molar-refractivity contribution in [2.45, 2.75) is 19.4 Å². The first-order valence-electron chi connectivity index (χ1n) is 13.0. The molecule has 0 heterocycles. The lowest BCUT2D eigenvalue weighted by Crippen LogP contribution is -2.45. The highest BCUT2D eigenvalue weighted by atomic mass is 16.5. The van der Waals surface area contributed by atoms with Crippen molar-refractivity contribution in [3.63, 3.8) is 0 Å². The van der Waals surface area contributed by atoms with E-state index in [-0.39, 0.29) is 17.7 Å². The summed E-state index contributed by atoms with van der Waals surface area (Å²) in [5, 5.41) is 18.1. The van der Waals surface area contributed by atoms with Crippen LogP contribution in [0.3, 0.4) is 0 Å².